The largest absolute Gasteiger partial charge is 0.352 e. The van der Waals surface area contributed by atoms with Crippen LogP contribution in [-0.2, 0) is 15.1 Å². The van der Waals surface area contributed by atoms with E-state index in [2.05, 4.69) is 24.5 Å². The predicted octanol–water partition coefficient (Wildman–Crippen LogP) is 2.70. The number of hydrogen-bond donors (Lipinski definition) is 2. The lowest BCUT2D eigenvalue weighted by Crippen LogP contribution is -2.48. The molecular formula is C21H29N3O3. The summed E-state index contributed by atoms with van der Waals surface area (Å²) < 4.78 is 0. The molecule has 0 radical (unpaired) electrons. The van der Waals surface area contributed by atoms with Gasteiger partial charge in [0.1, 0.15) is 12.1 Å². The van der Waals surface area contributed by atoms with Gasteiger partial charge < -0.3 is 10.6 Å². The van der Waals surface area contributed by atoms with Crippen molar-refractivity contribution < 1.29 is 14.4 Å². The number of carbonyl (C=O) groups is 3. The fourth-order valence-corrected chi connectivity index (χ4v) is 4.10. The third-order valence-corrected chi connectivity index (χ3v) is 6.26. The maximum atomic E-state index is 12.9. The molecule has 1 saturated heterocycles. The topological polar surface area (TPSA) is 78.5 Å². The summed E-state index contributed by atoms with van der Waals surface area (Å²) in [6.07, 6.45) is 3.21. The Bertz CT molecular complexity index is 746. The first-order chi connectivity index (χ1) is 12.7. The standard InChI is InChI=1S/C21H29N3O3/c1-13-8-10-16(11-9-13)21(4)19(26)24(20(27)23-21)12-18(25)22-17-7-5-6-14(2)15(17)3/h8-11,14-15,17H,5-7,12H2,1-4H3,(H,22,25)(H,23,27)/t14-,15-,17+,21-/m0/s1. The van der Waals surface area contributed by atoms with Crippen molar-refractivity contribution >= 4 is 17.8 Å². The van der Waals surface area contributed by atoms with Crippen molar-refractivity contribution in [2.75, 3.05) is 6.54 Å². The monoisotopic (exact) mass is 371 g/mol. The van der Waals surface area contributed by atoms with Gasteiger partial charge in [-0.3, -0.25) is 14.5 Å². The first-order valence-electron chi connectivity index (χ1n) is 9.73. The van der Waals surface area contributed by atoms with Crippen LogP contribution in [0.3, 0.4) is 0 Å². The van der Waals surface area contributed by atoms with Gasteiger partial charge in [-0.1, -0.05) is 56.5 Å². The molecule has 1 saturated carbocycles. The van der Waals surface area contributed by atoms with Crippen LogP contribution in [-0.4, -0.2) is 35.3 Å². The van der Waals surface area contributed by atoms with Crippen LogP contribution in [0.4, 0.5) is 4.79 Å². The van der Waals surface area contributed by atoms with Gasteiger partial charge in [0.15, 0.2) is 0 Å². The van der Waals surface area contributed by atoms with Crippen molar-refractivity contribution in [2.45, 2.75) is 58.5 Å². The lowest BCUT2D eigenvalue weighted by molar-refractivity contribution is -0.135. The summed E-state index contributed by atoms with van der Waals surface area (Å²) in [6, 6.07) is 7.06. The molecule has 0 unspecified atom stereocenters. The molecule has 4 amide bonds. The zero-order valence-corrected chi connectivity index (χ0v) is 16.5. The van der Waals surface area contributed by atoms with Gasteiger partial charge in [-0.05, 0) is 37.7 Å². The molecule has 1 heterocycles. The molecule has 2 N–H and O–H groups in total. The molecule has 0 bridgehead atoms. The van der Waals surface area contributed by atoms with Crippen molar-refractivity contribution in [1.29, 1.82) is 0 Å². The number of aryl methyl sites for hydroxylation is 1. The molecule has 6 heteroatoms. The van der Waals surface area contributed by atoms with Crippen molar-refractivity contribution in [3.8, 4) is 0 Å². The van der Waals surface area contributed by atoms with E-state index in [9.17, 15) is 14.4 Å². The lowest BCUT2D eigenvalue weighted by Gasteiger charge is -2.34. The Morgan fingerprint density at radius 3 is 2.56 bits per heavy atom. The fraction of sp³-hybridized carbons (Fsp3) is 0.571. The number of nitrogens with one attached hydrogen (secondary N) is 2. The number of amides is 4. The van der Waals surface area contributed by atoms with Crippen molar-refractivity contribution in [2.24, 2.45) is 11.8 Å². The second kappa shape index (κ2) is 7.33. The summed E-state index contributed by atoms with van der Waals surface area (Å²) in [6.45, 7) is 7.75. The highest BCUT2D eigenvalue weighted by molar-refractivity contribution is 6.09. The van der Waals surface area contributed by atoms with Gasteiger partial charge in [0.2, 0.25) is 5.91 Å². The summed E-state index contributed by atoms with van der Waals surface area (Å²) in [5, 5.41) is 5.78. The molecule has 1 aromatic carbocycles. The van der Waals surface area contributed by atoms with E-state index in [1.165, 1.54) is 6.42 Å². The summed E-state index contributed by atoms with van der Waals surface area (Å²) in [5.41, 5.74) is 0.646. The molecule has 146 valence electrons. The molecule has 4 atom stereocenters. The summed E-state index contributed by atoms with van der Waals surface area (Å²) in [5.74, 6) is 0.281. The number of urea groups is 1. The fourth-order valence-electron chi connectivity index (χ4n) is 4.10. The van der Waals surface area contributed by atoms with Crippen LogP contribution < -0.4 is 10.6 Å². The van der Waals surface area contributed by atoms with Gasteiger partial charge in [-0.2, -0.15) is 0 Å². The van der Waals surface area contributed by atoms with E-state index < -0.39 is 17.5 Å². The van der Waals surface area contributed by atoms with E-state index in [1.54, 1.807) is 6.92 Å². The van der Waals surface area contributed by atoms with Crippen LogP contribution in [0.25, 0.3) is 0 Å². The van der Waals surface area contributed by atoms with E-state index in [0.717, 1.165) is 23.3 Å². The lowest BCUT2D eigenvalue weighted by atomic mass is 9.78. The molecule has 6 nitrogen and oxygen atoms in total. The van der Waals surface area contributed by atoms with Crippen LogP contribution in [0.5, 0.6) is 0 Å². The van der Waals surface area contributed by atoms with E-state index >= 15 is 0 Å². The normalized spacial score (nSPS) is 31.0. The van der Waals surface area contributed by atoms with Gasteiger partial charge in [0.25, 0.3) is 5.91 Å². The quantitative estimate of drug-likeness (QED) is 0.799. The SMILES string of the molecule is Cc1ccc([C@]2(C)NC(=O)N(CC(=O)N[C@@H]3CCC[C@H](C)[C@@H]3C)C2=O)cc1. The van der Waals surface area contributed by atoms with Gasteiger partial charge >= 0.3 is 6.03 Å². The van der Waals surface area contributed by atoms with Gasteiger partial charge in [0.05, 0.1) is 0 Å². The smallest absolute Gasteiger partial charge is 0.325 e. The van der Waals surface area contributed by atoms with Crippen LogP contribution in [0.1, 0.15) is 51.2 Å². The Kier molecular flexibility index (Phi) is 5.27. The molecular weight excluding hydrogens is 342 g/mol. The van der Waals surface area contributed by atoms with E-state index in [-0.39, 0.29) is 18.5 Å². The summed E-state index contributed by atoms with van der Waals surface area (Å²) >= 11 is 0. The minimum Gasteiger partial charge on any atom is -0.352 e. The van der Waals surface area contributed by atoms with Crippen LogP contribution in [0, 0.1) is 18.8 Å². The van der Waals surface area contributed by atoms with E-state index in [4.69, 9.17) is 0 Å². The molecule has 1 aromatic rings. The van der Waals surface area contributed by atoms with Gasteiger partial charge in [-0.15, -0.1) is 0 Å². The highest BCUT2D eigenvalue weighted by atomic mass is 16.2. The highest BCUT2D eigenvalue weighted by Gasteiger charge is 2.49. The molecule has 0 aromatic heterocycles. The molecule has 2 aliphatic rings. The van der Waals surface area contributed by atoms with Crippen molar-refractivity contribution in [3.05, 3.63) is 35.4 Å². The predicted molar refractivity (Wildman–Crippen MR) is 103 cm³/mol. The third kappa shape index (κ3) is 3.70. The maximum absolute atomic E-state index is 12.9. The Morgan fingerprint density at radius 1 is 1.22 bits per heavy atom. The molecule has 27 heavy (non-hydrogen) atoms. The minimum absolute atomic E-state index is 0.102. The van der Waals surface area contributed by atoms with Gasteiger partial charge in [-0.25, -0.2) is 4.79 Å². The minimum atomic E-state index is -1.14. The number of nitrogens with zero attached hydrogens (tertiary/aromatic N) is 1. The second-order valence-electron chi connectivity index (χ2n) is 8.25. The Balaban J connectivity index is 1.68. The average Bonchev–Trinajstić information content (AvgIpc) is 2.83. The molecule has 0 spiro atoms. The zero-order valence-electron chi connectivity index (χ0n) is 16.5. The number of rotatable bonds is 4. The average molecular weight is 371 g/mol. The molecule has 3 rings (SSSR count). The number of imide groups is 1. The maximum Gasteiger partial charge on any atom is 0.325 e. The number of hydrogen-bond acceptors (Lipinski definition) is 3. The van der Waals surface area contributed by atoms with Crippen molar-refractivity contribution in [1.82, 2.24) is 15.5 Å². The molecule has 1 aliphatic heterocycles. The molecule has 2 fully saturated rings. The third-order valence-electron chi connectivity index (χ3n) is 6.26. The Morgan fingerprint density at radius 2 is 1.89 bits per heavy atom. The number of benzene rings is 1. The van der Waals surface area contributed by atoms with Crippen LogP contribution in [0.15, 0.2) is 24.3 Å². The summed E-state index contributed by atoms with van der Waals surface area (Å²) in [4.78, 5) is 38.9. The number of carbonyl (C=O) groups excluding carboxylic acids is 3. The Hall–Kier alpha value is -2.37. The first-order valence-corrected chi connectivity index (χ1v) is 9.73. The van der Waals surface area contributed by atoms with Gasteiger partial charge in [0, 0.05) is 6.04 Å². The summed E-state index contributed by atoms with van der Waals surface area (Å²) in [7, 11) is 0. The molecule has 1 aliphatic carbocycles. The first kappa shape index (κ1) is 19.4. The van der Waals surface area contributed by atoms with E-state index in [0.29, 0.717) is 17.4 Å². The highest BCUT2D eigenvalue weighted by Crippen LogP contribution is 2.30. The Labute approximate surface area is 160 Å². The van der Waals surface area contributed by atoms with E-state index in [1.807, 2.05) is 31.2 Å². The van der Waals surface area contributed by atoms with Crippen LogP contribution in [0.2, 0.25) is 0 Å². The second-order valence-corrected chi connectivity index (χ2v) is 8.25. The van der Waals surface area contributed by atoms with Crippen LogP contribution >= 0.6 is 0 Å². The zero-order chi connectivity index (χ0) is 19.8. The van der Waals surface area contributed by atoms with Crippen molar-refractivity contribution in [3.63, 3.8) is 0 Å².